The Kier molecular flexibility index (Phi) is 6.15. The van der Waals surface area contributed by atoms with Crippen molar-refractivity contribution in [1.29, 1.82) is 0 Å². The van der Waals surface area contributed by atoms with Crippen molar-refractivity contribution >= 4 is 29.1 Å². The first kappa shape index (κ1) is 20.2. The summed E-state index contributed by atoms with van der Waals surface area (Å²) in [4.78, 5) is 27.4. The lowest BCUT2D eigenvalue weighted by molar-refractivity contribution is -0.134. The maximum atomic E-state index is 13.1. The van der Waals surface area contributed by atoms with Gasteiger partial charge >= 0.3 is 0 Å². The first-order valence-corrected chi connectivity index (χ1v) is 10.5. The van der Waals surface area contributed by atoms with Gasteiger partial charge in [0.1, 0.15) is 0 Å². The summed E-state index contributed by atoms with van der Waals surface area (Å²) in [5.41, 5.74) is 4.07. The molecule has 0 unspecified atom stereocenters. The lowest BCUT2D eigenvalue weighted by Crippen LogP contribution is -2.40. The molecule has 0 saturated heterocycles. The number of hydrogen-bond donors (Lipinski definition) is 1. The molecule has 1 atom stereocenters. The van der Waals surface area contributed by atoms with E-state index in [9.17, 15) is 9.59 Å². The summed E-state index contributed by atoms with van der Waals surface area (Å²) in [6.45, 7) is 0.640. The second kappa shape index (κ2) is 9.14. The van der Waals surface area contributed by atoms with Gasteiger partial charge in [-0.25, -0.2) is 0 Å². The number of nitrogens with one attached hydrogen (secondary N) is 1. The maximum absolute atomic E-state index is 13.1. The van der Waals surface area contributed by atoms with Gasteiger partial charge in [-0.1, -0.05) is 78.3 Å². The second-order valence-electron chi connectivity index (χ2n) is 7.38. The van der Waals surface area contributed by atoms with Crippen LogP contribution >= 0.6 is 11.6 Å². The Bertz CT molecular complexity index is 1050. The Hall–Kier alpha value is -3.11. The summed E-state index contributed by atoms with van der Waals surface area (Å²) in [5, 5.41) is 3.27. The minimum absolute atomic E-state index is 0.0207. The first-order valence-electron chi connectivity index (χ1n) is 10.1. The van der Waals surface area contributed by atoms with Crippen molar-refractivity contribution in [3.8, 4) is 0 Å². The summed E-state index contributed by atoms with van der Waals surface area (Å²) in [7, 11) is 0. The molecule has 1 aliphatic heterocycles. The summed E-state index contributed by atoms with van der Waals surface area (Å²) in [5.74, 6) is -0.238. The molecule has 1 heterocycles. The number of halogens is 1. The highest BCUT2D eigenvalue weighted by Crippen LogP contribution is 2.35. The maximum Gasteiger partial charge on any atom is 0.224 e. The van der Waals surface area contributed by atoms with Crippen molar-refractivity contribution in [1.82, 2.24) is 4.90 Å². The number of nitrogens with zero attached hydrogens (tertiary/aromatic N) is 1. The van der Waals surface area contributed by atoms with Crippen LogP contribution in [0, 0.1) is 0 Å². The molecule has 0 saturated carbocycles. The monoisotopic (exact) mass is 418 g/mol. The number of fused-ring (bicyclic) bond motifs is 1. The highest BCUT2D eigenvalue weighted by Gasteiger charge is 2.31. The Balaban J connectivity index is 1.48. The Morgan fingerprint density at radius 1 is 0.900 bits per heavy atom. The number of para-hydroxylation sites is 1. The molecule has 0 radical (unpaired) electrons. The van der Waals surface area contributed by atoms with Crippen molar-refractivity contribution in [2.24, 2.45) is 0 Å². The molecule has 3 aromatic rings. The van der Waals surface area contributed by atoms with E-state index < -0.39 is 0 Å². The molecule has 3 aromatic carbocycles. The summed E-state index contributed by atoms with van der Waals surface area (Å²) in [6, 6.07) is 25.3. The largest absolute Gasteiger partial charge is 0.331 e. The molecule has 0 bridgehead atoms. The molecule has 1 aliphatic rings. The minimum Gasteiger partial charge on any atom is -0.331 e. The highest BCUT2D eigenvalue weighted by atomic mass is 35.5. The highest BCUT2D eigenvalue weighted by molar-refractivity contribution is 6.33. The zero-order valence-electron chi connectivity index (χ0n) is 16.6. The summed E-state index contributed by atoms with van der Waals surface area (Å²) < 4.78 is 0. The molecule has 0 spiro atoms. The number of carbonyl (C=O) groups is 2. The van der Waals surface area contributed by atoms with Crippen LogP contribution in [-0.2, 0) is 16.0 Å². The lowest BCUT2D eigenvalue weighted by Gasteiger charge is -2.38. The molecule has 4 nitrogen and oxygen atoms in total. The fourth-order valence-corrected chi connectivity index (χ4v) is 4.15. The van der Waals surface area contributed by atoms with Gasteiger partial charge in [0.2, 0.25) is 11.8 Å². The van der Waals surface area contributed by atoms with Gasteiger partial charge in [0.15, 0.2) is 0 Å². The smallest absolute Gasteiger partial charge is 0.224 e. The van der Waals surface area contributed by atoms with Crippen LogP contribution in [0.15, 0.2) is 78.9 Å². The van der Waals surface area contributed by atoms with E-state index in [1.54, 1.807) is 18.2 Å². The Labute approximate surface area is 181 Å². The average Bonchev–Trinajstić information content (AvgIpc) is 2.79. The van der Waals surface area contributed by atoms with Gasteiger partial charge in [-0.2, -0.15) is 0 Å². The zero-order valence-corrected chi connectivity index (χ0v) is 17.3. The van der Waals surface area contributed by atoms with Gasteiger partial charge in [-0.15, -0.1) is 0 Å². The third kappa shape index (κ3) is 4.39. The molecular weight excluding hydrogens is 396 g/mol. The minimum atomic E-state index is -0.217. The molecular formula is C25H23ClN2O2. The van der Waals surface area contributed by atoms with Gasteiger partial charge in [0, 0.05) is 19.4 Å². The number of hydrogen-bond acceptors (Lipinski definition) is 2. The molecule has 2 amide bonds. The fourth-order valence-electron chi connectivity index (χ4n) is 3.97. The number of anilines is 1. The summed E-state index contributed by atoms with van der Waals surface area (Å²) >= 11 is 6.10. The van der Waals surface area contributed by atoms with Crippen molar-refractivity contribution in [3.63, 3.8) is 0 Å². The van der Waals surface area contributed by atoms with Crippen LogP contribution in [0.25, 0.3) is 0 Å². The average molecular weight is 419 g/mol. The predicted octanol–water partition coefficient (Wildman–Crippen LogP) is 5.23. The van der Waals surface area contributed by atoms with Crippen LogP contribution in [0.5, 0.6) is 0 Å². The van der Waals surface area contributed by atoms with E-state index in [-0.39, 0.29) is 30.7 Å². The van der Waals surface area contributed by atoms with Crippen molar-refractivity contribution in [3.05, 3.63) is 101 Å². The van der Waals surface area contributed by atoms with Gasteiger partial charge in [-0.3, -0.25) is 9.59 Å². The molecule has 0 fully saturated rings. The Morgan fingerprint density at radius 3 is 2.40 bits per heavy atom. The van der Waals surface area contributed by atoms with Gasteiger partial charge in [0.25, 0.3) is 0 Å². The van der Waals surface area contributed by atoms with E-state index in [1.807, 2.05) is 41.3 Å². The van der Waals surface area contributed by atoms with E-state index in [2.05, 4.69) is 29.6 Å². The van der Waals surface area contributed by atoms with Crippen LogP contribution in [0.3, 0.4) is 0 Å². The van der Waals surface area contributed by atoms with Crippen molar-refractivity contribution in [2.45, 2.75) is 25.3 Å². The molecule has 4 rings (SSSR count). The van der Waals surface area contributed by atoms with Crippen LogP contribution in [-0.4, -0.2) is 23.3 Å². The standard InChI is InChI=1S/C25H23ClN2O2/c26-21-12-6-7-13-22(21)27-23(29)14-15-24(30)28-17-16-18-8-4-5-11-20(18)25(28)19-9-2-1-3-10-19/h1-13,25H,14-17H2,(H,27,29)/t25-/m1/s1. The van der Waals surface area contributed by atoms with Crippen molar-refractivity contribution in [2.75, 3.05) is 11.9 Å². The molecule has 5 heteroatoms. The number of benzene rings is 3. The summed E-state index contributed by atoms with van der Waals surface area (Å²) in [6.07, 6.45) is 1.09. The van der Waals surface area contributed by atoms with E-state index in [1.165, 1.54) is 5.56 Å². The Morgan fingerprint density at radius 2 is 1.60 bits per heavy atom. The molecule has 152 valence electrons. The van der Waals surface area contributed by atoms with E-state index in [0.717, 1.165) is 17.5 Å². The SMILES string of the molecule is O=C(CCC(=O)N1CCc2ccccc2[C@H]1c1ccccc1)Nc1ccccc1Cl. The van der Waals surface area contributed by atoms with Crippen LogP contribution in [0.2, 0.25) is 5.02 Å². The molecule has 1 N–H and O–H groups in total. The zero-order chi connectivity index (χ0) is 20.9. The van der Waals surface area contributed by atoms with Gasteiger partial charge in [-0.05, 0) is 35.2 Å². The molecule has 30 heavy (non-hydrogen) atoms. The van der Waals surface area contributed by atoms with Crippen LogP contribution < -0.4 is 5.32 Å². The van der Waals surface area contributed by atoms with Crippen molar-refractivity contribution < 1.29 is 9.59 Å². The van der Waals surface area contributed by atoms with Gasteiger partial charge < -0.3 is 10.2 Å². The third-order valence-electron chi connectivity index (χ3n) is 5.43. The topological polar surface area (TPSA) is 49.4 Å². The van der Waals surface area contributed by atoms with Crippen LogP contribution in [0.4, 0.5) is 5.69 Å². The van der Waals surface area contributed by atoms with E-state index in [0.29, 0.717) is 17.3 Å². The molecule has 0 aliphatic carbocycles. The second-order valence-corrected chi connectivity index (χ2v) is 7.78. The number of carbonyl (C=O) groups excluding carboxylic acids is 2. The third-order valence-corrected chi connectivity index (χ3v) is 5.76. The normalized spacial score (nSPS) is 15.4. The fraction of sp³-hybridized carbons (Fsp3) is 0.200. The predicted molar refractivity (Wildman–Crippen MR) is 119 cm³/mol. The lowest BCUT2D eigenvalue weighted by atomic mass is 9.88. The number of rotatable bonds is 5. The van der Waals surface area contributed by atoms with E-state index in [4.69, 9.17) is 11.6 Å². The van der Waals surface area contributed by atoms with Crippen LogP contribution in [0.1, 0.15) is 35.6 Å². The van der Waals surface area contributed by atoms with Gasteiger partial charge in [0.05, 0.1) is 16.8 Å². The van der Waals surface area contributed by atoms with E-state index >= 15 is 0 Å². The number of amides is 2. The first-order chi connectivity index (χ1) is 14.6. The quantitative estimate of drug-likeness (QED) is 0.616. The molecule has 0 aromatic heterocycles.